The quantitative estimate of drug-likeness (QED) is 0.318. The van der Waals surface area contributed by atoms with Crippen molar-refractivity contribution >= 4 is 11.8 Å². The Hall–Kier alpha value is -3.25. The van der Waals surface area contributed by atoms with Gasteiger partial charge in [-0.2, -0.15) is 0 Å². The molecule has 0 fully saturated rings. The van der Waals surface area contributed by atoms with Crippen molar-refractivity contribution in [1.82, 2.24) is 14.8 Å². The zero-order chi connectivity index (χ0) is 22.7. The van der Waals surface area contributed by atoms with Crippen LogP contribution < -0.4 is 9.47 Å². The summed E-state index contributed by atoms with van der Waals surface area (Å²) < 4.78 is 13.0. The predicted octanol–water partition coefficient (Wildman–Crippen LogP) is 6.17. The van der Waals surface area contributed by atoms with Crippen LogP contribution in [0.2, 0.25) is 0 Å². The normalized spacial score (nSPS) is 10.9. The second-order valence-electron chi connectivity index (χ2n) is 7.80. The van der Waals surface area contributed by atoms with E-state index >= 15 is 0 Å². The van der Waals surface area contributed by atoms with Crippen LogP contribution in [0.4, 0.5) is 0 Å². The third kappa shape index (κ3) is 4.65. The van der Waals surface area contributed by atoms with E-state index in [1.807, 2.05) is 18.2 Å². The van der Waals surface area contributed by atoms with Gasteiger partial charge in [-0.25, -0.2) is 0 Å². The third-order valence-corrected chi connectivity index (χ3v) is 6.37. The van der Waals surface area contributed by atoms with Crippen LogP contribution in [0.5, 0.6) is 11.5 Å². The molecule has 0 N–H and O–H groups in total. The monoisotopic (exact) mass is 445 g/mol. The van der Waals surface area contributed by atoms with Crippen LogP contribution in [0.15, 0.2) is 65.8 Å². The number of hydrogen-bond acceptors (Lipinski definition) is 5. The molecule has 0 saturated carbocycles. The Morgan fingerprint density at radius 1 is 0.781 bits per heavy atom. The SMILES string of the molecule is COc1cc(OC)cc(-c2nnc(SCc3cc(C)ccc3C)n2-c2ccc(C)cc2)c1. The third-order valence-electron chi connectivity index (χ3n) is 5.40. The smallest absolute Gasteiger partial charge is 0.196 e. The van der Waals surface area contributed by atoms with Gasteiger partial charge in [-0.1, -0.05) is 53.2 Å². The zero-order valence-electron chi connectivity index (χ0n) is 19.0. The summed E-state index contributed by atoms with van der Waals surface area (Å²) >= 11 is 1.68. The lowest BCUT2D eigenvalue weighted by atomic mass is 10.1. The summed E-state index contributed by atoms with van der Waals surface area (Å²) in [4.78, 5) is 0. The molecule has 1 aromatic heterocycles. The Labute approximate surface area is 193 Å². The van der Waals surface area contributed by atoms with Gasteiger partial charge in [0.05, 0.1) is 14.2 Å². The summed E-state index contributed by atoms with van der Waals surface area (Å²) in [5, 5.41) is 9.97. The molecule has 0 aliphatic carbocycles. The molecule has 0 aliphatic heterocycles. The summed E-state index contributed by atoms with van der Waals surface area (Å²) in [7, 11) is 3.30. The molecule has 0 atom stereocenters. The molecule has 0 bridgehead atoms. The maximum atomic E-state index is 5.47. The van der Waals surface area contributed by atoms with Gasteiger partial charge in [0.1, 0.15) is 11.5 Å². The number of hydrogen-bond donors (Lipinski definition) is 0. The van der Waals surface area contributed by atoms with Gasteiger partial charge in [0.25, 0.3) is 0 Å². The van der Waals surface area contributed by atoms with E-state index in [2.05, 4.69) is 78.0 Å². The fourth-order valence-corrected chi connectivity index (χ4v) is 4.53. The predicted molar refractivity (Wildman–Crippen MR) is 130 cm³/mol. The lowest BCUT2D eigenvalue weighted by Crippen LogP contribution is -2.01. The second-order valence-corrected chi connectivity index (χ2v) is 8.74. The largest absolute Gasteiger partial charge is 0.497 e. The van der Waals surface area contributed by atoms with Gasteiger partial charge in [-0.15, -0.1) is 10.2 Å². The molecule has 0 unspecified atom stereocenters. The summed E-state index contributed by atoms with van der Waals surface area (Å²) in [5.41, 5.74) is 6.94. The van der Waals surface area contributed by atoms with Crippen LogP contribution in [0.1, 0.15) is 22.3 Å². The molecule has 3 aromatic carbocycles. The van der Waals surface area contributed by atoms with Crippen LogP contribution in [0.3, 0.4) is 0 Å². The van der Waals surface area contributed by atoms with Crippen LogP contribution in [0, 0.1) is 20.8 Å². The lowest BCUT2D eigenvalue weighted by molar-refractivity contribution is 0.394. The van der Waals surface area contributed by atoms with E-state index in [1.54, 1.807) is 26.0 Å². The Balaban J connectivity index is 1.79. The Kier molecular flexibility index (Phi) is 6.51. The van der Waals surface area contributed by atoms with Gasteiger partial charge in [-0.05, 0) is 56.2 Å². The molecule has 5 nitrogen and oxygen atoms in total. The molecule has 1 heterocycles. The van der Waals surface area contributed by atoms with Gasteiger partial charge in [0.2, 0.25) is 0 Å². The number of benzene rings is 3. The fourth-order valence-electron chi connectivity index (χ4n) is 3.51. The van der Waals surface area contributed by atoms with E-state index in [0.717, 1.165) is 28.0 Å². The zero-order valence-corrected chi connectivity index (χ0v) is 19.9. The van der Waals surface area contributed by atoms with Crippen molar-refractivity contribution in [3.05, 3.63) is 82.9 Å². The van der Waals surface area contributed by atoms with Crippen LogP contribution >= 0.6 is 11.8 Å². The average molecular weight is 446 g/mol. The topological polar surface area (TPSA) is 49.2 Å². The highest BCUT2D eigenvalue weighted by Crippen LogP contribution is 2.34. The van der Waals surface area contributed by atoms with Gasteiger partial charge < -0.3 is 9.47 Å². The molecule has 4 aromatic rings. The molecular weight excluding hydrogens is 418 g/mol. The van der Waals surface area contributed by atoms with E-state index < -0.39 is 0 Å². The van der Waals surface area contributed by atoms with Crippen LogP contribution in [0.25, 0.3) is 17.1 Å². The average Bonchev–Trinajstić information content (AvgIpc) is 3.23. The molecule has 32 heavy (non-hydrogen) atoms. The van der Waals surface area contributed by atoms with Gasteiger partial charge >= 0.3 is 0 Å². The molecule has 6 heteroatoms. The molecule has 4 rings (SSSR count). The van der Waals surface area contributed by atoms with Gasteiger partial charge in [0.15, 0.2) is 11.0 Å². The van der Waals surface area contributed by atoms with Crippen molar-refractivity contribution in [1.29, 1.82) is 0 Å². The molecule has 164 valence electrons. The molecule has 0 aliphatic rings. The van der Waals surface area contributed by atoms with Crippen molar-refractivity contribution in [2.24, 2.45) is 0 Å². The van der Waals surface area contributed by atoms with Crippen molar-refractivity contribution in [3.8, 4) is 28.6 Å². The second kappa shape index (κ2) is 9.49. The van der Waals surface area contributed by atoms with Crippen LogP contribution in [-0.2, 0) is 5.75 Å². The van der Waals surface area contributed by atoms with E-state index in [9.17, 15) is 0 Å². The molecule has 0 spiro atoms. The van der Waals surface area contributed by atoms with Crippen molar-refractivity contribution in [3.63, 3.8) is 0 Å². The molecular formula is C26H27N3O2S. The number of methoxy groups -OCH3 is 2. The van der Waals surface area contributed by atoms with Crippen molar-refractivity contribution < 1.29 is 9.47 Å². The fraction of sp³-hybridized carbons (Fsp3) is 0.231. The van der Waals surface area contributed by atoms with Gasteiger partial charge in [0, 0.05) is 23.1 Å². The number of nitrogens with zero attached hydrogens (tertiary/aromatic N) is 3. The number of thioether (sulfide) groups is 1. The minimum Gasteiger partial charge on any atom is -0.497 e. The van der Waals surface area contributed by atoms with Gasteiger partial charge in [-0.3, -0.25) is 4.57 Å². The standard InChI is InChI=1S/C26H27N3O2S/c1-17-7-10-22(11-8-17)29-25(20-13-23(30-4)15-24(14-20)31-5)27-28-26(29)32-16-21-12-18(2)6-9-19(21)3/h6-15H,16H2,1-5H3. The maximum Gasteiger partial charge on any atom is 0.196 e. The highest BCUT2D eigenvalue weighted by atomic mass is 32.2. The Morgan fingerprint density at radius 2 is 1.44 bits per heavy atom. The minimum atomic E-state index is 0.711. The van der Waals surface area contributed by atoms with E-state index in [0.29, 0.717) is 11.5 Å². The number of ether oxygens (including phenoxy) is 2. The highest BCUT2D eigenvalue weighted by Gasteiger charge is 2.18. The Morgan fingerprint density at radius 3 is 2.09 bits per heavy atom. The first-order valence-corrected chi connectivity index (χ1v) is 11.4. The number of rotatable bonds is 7. The van der Waals surface area contributed by atoms with E-state index in [1.165, 1.54) is 22.3 Å². The number of aromatic nitrogens is 3. The van der Waals surface area contributed by atoms with E-state index in [4.69, 9.17) is 9.47 Å². The van der Waals surface area contributed by atoms with Crippen molar-refractivity contribution in [2.75, 3.05) is 14.2 Å². The van der Waals surface area contributed by atoms with E-state index in [-0.39, 0.29) is 0 Å². The summed E-state index contributed by atoms with van der Waals surface area (Å²) in [6.07, 6.45) is 0. The molecule has 0 amide bonds. The molecule has 0 radical (unpaired) electrons. The van der Waals surface area contributed by atoms with Crippen LogP contribution in [-0.4, -0.2) is 29.0 Å². The maximum absolute atomic E-state index is 5.47. The highest BCUT2D eigenvalue weighted by molar-refractivity contribution is 7.98. The minimum absolute atomic E-state index is 0.711. The Bertz CT molecular complexity index is 1210. The summed E-state index contributed by atoms with van der Waals surface area (Å²) in [5.74, 6) is 2.98. The van der Waals surface area contributed by atoms with Crippen molar-refractivity contribution in [2.45, 2.75) is 31.7 Å². The first-order chi connectivity index (χ1) is 15.5. The summed E-state index contributed by atoms with van der Waals surface area (Å²) in [6, 6.07) is 20.7. The molecule has 0 saturated heterocycles. The first-order valence-electron chi connectivity index (χ1n) is 10.4. The summed E-state index contributed by atoms with van der Waals surface area (Å²) in [6.45, 7) is 6.35. The lowest BCUT2D eigenvalue weighted by Gasteiger charge is -2.13. The first kappa shape index (κ1) is 22.0. The number of aryl methyl sites for hydroxylation is 3.